The van der Waals surface area contributed by atoms with Gasteiger partial charge in [0.25, 0.3) is 0 Å². The molecule has 92 valence electrons. The second-order valence-corrected chi connectivity index (χ2v) is 5.33. The molecule has 1 heteroatoms. The Morgan fingerprint density at radius 3 is 2.67 bits per heavy atom. The molecule has 18 heavy (non-hydrogen) atoms. The molecule has 1 aliphatic rings. The summed E-state index contributed by atoms with van der Waals surface area (Å²) in [6.07, 6.45) is 2.25. The number of fused-ring (bicyclic) bond motifs is 1. The first-order chi connectivity index (χ1) is 8.72. The first-order valence-corrected chi connectivity index (χ1v) is 6.63. The van der Waals surface area contributed by atoms with Gasteiger partial charge in [0.15, 0.2) is 0 Å². The maximum atomic E-state index is 3.62. The van der Waals surface area contributed by atoms with E-state index in [0.717, 1.165) is 12.8 Å². The summed E-state index contributed by atoms with van der Waals surface area (Å²) in [5, 5.41) is 3.62. The van der Waals surface area contributed by atoms with E-state index in [-0.39, 0.29) is 0 Å². The highest BCUT2D eigenvalue weighted by molar-refractivity contribution is 5.56. The molecule has 0 bridgehead atoms. The molecule has 0 fully saturated rings. The summed E-state index contributed by atoms with van der Waals surface area (Å²) < 4.78 is 0. The van der Waals surface area contributed by atoms with E-state index in [2.05, 4.69) is 61.6 Å². The number of anilines is 1. The summed E-state index contributed by atoms with van der Waals surface area (Å²) in [6.45, 7) is 4.36. The number of nitrogens with one attached hydrogen (secondary N) is 1. The molecule has 2 aromatic rings. The fourth-order valence-electron chi connectivity index (χ4n) is 2.71. The third-order valence-corrected chi connectivity index (χ3v) is 3.90. The van der Waals surface area contributed by atoms with Gasteiger partial charge >= 0.3 is 0 Å². The molecule has 0 amide bonds. The van der Waals surface area contributed by atoms with E-state index < -0.39 is 0 Å². The lowest BCUT2D eigenvalue weighted by atomic mass is 9.99. The SMILES string of the molecule is Cc1ccc(CC2Cc3ccccc3N2)cc1C. The van der Waals surface area contributed by atoms with Gasteiger partial charge in [0, 0.05) is 11.7 Å². The zero-order chi connectivity index (χ0) is 12.5. The van der Waals surface area contributed by atoms with E-state index in [4.69, 9.17) is 0 Å². The van der Waals surface area contributed by atoms with Crippen LogP contribution in [0.4, 0.5) is 5.69 Å². The molecular weight excluding hydrogens is 218 g/mol. The standard InChI is InChI=1S/C17H19N/c1-12-7-8-14(9-13(12)2)10-16-11-15-5-3-4-6-17(15)18-16/h3-9,16,18H,10-11H2,1-2H3. The van der Waals surface area contributed by atoms with Gasteiger partial charge in [-0.25, -0.2) is 0 Å². The van der Waals surface area contributed by atoms with E-state index in [1.807, 2.05) is 0 Å². The fraction of sp³-hybridized carbons (Fsp3) is 0.294. The van der Waals surface area contributed by atoms with E-state index in [9.17, 15) is 0 Å². The third kappa shape index (κ3) is 2.13. The lowest BCUT2D eigenvalue weighted by molar-refractivity contribution is 0.746. The van der Waals surface area contributed by atoms with Crippen LogP contribution in [0.15, 0.2) is 42.5 Å². The Bertz CT molecular complexity index is 547. The van der Waals surface area contributed by atoms with Crippen molar-refractivity contribution in [2.45, 2.75) is 32.7 Å². The van der Waals surface area contributed by atoms with Crippen molar-refractivity contribution in [3.05, 3.63) is 64.7 Å². The van der Waals surface area contributed by atoms with Crippen LogP contribution in [0, 0.1) is 13.8 Å². The molecule has 0 aliphatic carbocycles. The molecule has 0 radical (unpaired) electrons. The average Bonchev–Trinajstić information content (AvgIpc) is 2.76. The highest BCUT2D eigenvalue weighted by atomic mass is 14.9. The molecule has 1 nitrogen and oxygen atoms in total. The lowest BCUT2D eigenvalue weighted by Crippen LogP contribution is -2.18. The molecule has 3 rings (SSSR count). The fourth-order valence-corrected chi connectivity index (χ4v) is 2.71. The number of hydrogen-bond donors (Lipinski definition) is 1. The Balaban J connectivity index is 1.74. The van der Waals surface area contributed by atoms with Crippen LogP contribution in [0.25, 0.3) is 0 Å². The first kappa shape index (κ1) is 11.3. The van der Waals surface area contributed by atoms with Gasteiger partial charge in [-0.3, -0.25) is 0 Å². The van der Waals surface area contributed by atoms with Gasteiger partial charge < -0.3 is 5.32 Å². The van der Waals surface area contributed by atoms with Crippen molar-refractivity contribution in [3.8, 4) is 0 Å². The lowest BCUT2D eigenvalue weighted by Gasteiger charge is -2.12. The number of aryl methyl sites for hydroxylation is 2. The Morgan fingerprint density at radius 2 is 1.89 bits per heavy atom. The molecule has 0 aromatic heterocycles. The molecule has 0 saturated heterocycles. The molecule has 1 aliphatic heterocycles. The van der Waals surface area contributed by atoms with Gasteiger partial charge in [0.1, 0.15) is 0 Å². The van der Waals surface area contributed by atoms with Crippen molar-refractivity contribution in [2.24, 2.45) is 0 Å². The Kier molecular flexibility index (Phi) is 2.83. The summed E-state index contributed by atoms with van der Waals surface area (Å²) in [4.78, 5) is 0. The van der Waals surface area contributed by atoms with Crippen LogP contribution in [0.3, 0.4) is 0 Å². The van der Waals surface area contributed by atoms with Crippen molar-refractivity contribution in [1.82, 2.24) is 0 Å². The van der Waals surface area contributed by atoms with Gasteiger partial charge in [-0.15, -0.1) is 0 Å². The van der Waals surface area contributed by atoms with Crippen LogP contribution in [0.1, 0.15) is 22.3 Å². The second-order valence-electron chi connectivity index (χ2n) is 5.33. The van der Waals surface area contributed by atoms with Crippen LogP contribution < -0.4 is 5.32 Å². The molecule has 1 heterocycles. The molecule has 2 aromatic carbocycles. The first-order valence-electron chi connectivity index (χ1n) is 6.63. The molecule has 1 N–H and O–H groups in total. The minimum Gasteiger partial charge on any atom is -0.381 e. The Hall–Kier alpha value is -1.76. The number of hydrogen-bond acceptors (Lipinski definition) is 1. The van der Waals surface area contributed by atoms with Crippen LogP contribution in [0.5, 0.6) is 0 Å². The zero-order valence-corrected chi connectivity index (χ0v) is 11.0. The van der Waals surface area contributed by atoms with Gasteiger partial charge in [0.2, 0.25) is 0 Å². The van der Waals surface area contributed by atoms with Crippen LogP contribution in [0.2, 0.25) is 0 Å². The summed E-state index contributed by atoms with van der Waals surface area (Å²) in [5.41, 5.74) is 6.96. The van der Waals surface area contributed by atoms with Gasteiger partial charge in [-0.2, -0.15) is 0 Å². The normalized spacial score (nSPS) is 17.3. The maximum Gasteiger partial charge on any atom is 0.0375 e. The number of benzene rings is 2. The van der Waals surface area contributed by atoms with Crippen LogP contribution >= 0.6 is 0 Å². The van der Waals surface area contributed by atoms with Crippen molar-refractivity contribution in [2.75, 3.05) is 5.32 Å². The van der Waals surface area contributed by atoms with Crippen molar-refractivity contribution >= 4 is 5.69 Å². The highest BCUT2D eigenvalue weighted by Crippen LogP contribution is 2.27. The minimum atomic E-state index is 0.546. The molecule has 1 unspecified atom stereocenters. The maximum absolute atomic E-state index is 3.62. The molecule has 0 saturated carbocycles. The summed E-state index contributed by atoms with van der Waals surface area (Å²) in [7, 11) is 0. The monoisotopic (exact) mass is 237 g/mol. The van der Waals surface area contributed by atoms with Gasteiger partial charge in [0.05, 0.1) is 0 Å². The Morgan fingerprint density at radius 1 is 1.06 bits per heavy atom. The number of rotatable bonds is 2. The summed E-state index contributed by atoms with van der Waals surface area (Å²) in [6, 6.07) is 16.0. The molecule has 1 atom stereocenters. The molecule has 0 spiro atoms. The van der Waals surface area contributed by atoms with E-state index in [0.29, 0.717) is 6.04 Å². The predicted octanol–water partition coefficient (Wildman–Crippen LogP) is 3.88. The second kappa shape index (κ2) is 4.49. The highest BCUT2D eigenvalue weighted by Gasteiger charge is 2.19. The van der Waals surface area contributed by atoms with E-state index in [1.54, 1.807) is 0 Å². The van der Waals surface area contributed by atoms with E-state index >= 15 is 0 Å². The Labute approximate surface area is 109 Å². The third-order valence-electron chi connectivity index (χ3n) is 3.90. The van der Waals surface area contributed by atoms with Gasteiger partial charge in [-0.1, -0.05) is 36.4 Å². The molecular formula is C17H19N. The summed E-state index contributed by atoms with van der Waals surface area (Å²) in [5.74, 6) is 0. The predicted molar refractivity (Wildman–Crippen MR) is 77.2 cm³/mol. The minimum absolute atomic E-state index is 0.546. The largest absolute Gasteiger partial charge is 0.381 e. The van der Waals surface area contributed by atoms with Gasteiger partial charge in [-0.05, 0) is 55.0 Å². The van der Waals surface area contributed by atoms with Crippen molar-refractivity contribution < 1.29 is 0 Å². The average molecular weight is 237 g/mol. The van der Waals surface area contributed by atoms with Crippen molar-refractivity contribution in [3.63, 3.8) is 0 Å². The van der Waals surface area contributed by atoms with Crippen molar-refractivity contribution in [1.29, 1.82) is 0 Å². The zero-order valence-electron chi connectivity index (χ0n) is 11.0. The number of para-hydroxylation sites is 1. The topological polar surface area (TPSA) is 12.0 Å². The smallest absolute Gasteiger partial charge is 0.0375 e. The van der Waals surface area contributed by atoms with Crippen LogP contribution in [-0.4, -0.2) is 6.04 Å². The van der Waals surface area contributed by atoms with E-state index in [1.165, 1.54) is 27.9 Å². The van der Waals surface area contributed by atoms with Crippen LogP contribution in [-0.2, 0) is 12.8 Å². The quantitative estimate of drug-likeness (QED) is 0.835. The summed E-state index contributed by atoms with van der Waals surface area (Å²) >= 11 is 0.